The summed E-state index contributed by atoms with van der Waals surface area (Å²) in [7, 11) is -2.04. The highest BCUT2D eigenvalue weighted by molar-refractivity contribution is 7.89. The lowest BCUT2D eigenvalue weighted by Crippen LogP contribution is -2.18. The summed E-state index contributed by atoms with van der Waals surface area (Å²) >= 11 is 0. The summed E-state index contributed by atoms with van der Waals surface area (Å²) in [4.78, 5) is 12.1. The topological polar surface area (TPSA) is 75.3 Å². The molecule has 2 aromatic rings. The molecular weight excluding hydrogens is 300 g/mol. The van der Waals surface area contributed by atoms with Gasteiger partial charge in [-0.3, -0.25) is 4.79 Å². The van der Waals surface area contributed by atoms with Crippen LogP contribution in [0.15, 0.2) is 59.5 Å². The van der Waals surface area contributed by atoms with Crippen LogP contribution in [0.2, 0.25) is 0 Å². The Kier molecular flexibility index (Phi) is 5.30. The highest BCUT2D eigenvalue weighted by atomic mass is 32.2. The normalized spacial score (nSPS) is 11.1. The Hall–Kier alpha value is -2.18. The quantitative estimate of drug-likeness (QED) is 0.857. The first-order valence-corrected chi connectivity index (χ1v) is 8.37. The number of para-hydroxylation sites is 1. The van der Waals surface area contributed by atoms with Gasteiger partial charge in [-0.25, -0.2) is 13.1 Å². The smallest absolute Gasteiger partial charge is 0.240 e. The van der Waals surface area contributed by atoms with E-state index in [1.54, 1.807) is 12.1 Å². The molecule has 0 spiro atoms. The van der Waals surface area contributed by atoms with E-state index in [4.69, 9.17) is 0 Å². The summed E-state index contributed by atoms with van der Waals surface area (Å²) in [6.07, 6.45) is 0.894. The summed E-state index contributed by atoms with van der Waals surface area (Å²) in [6, 6.07) is 15.8. The minimum Gasteiger partial charge on any atom is -0.326 e. The molecule has 0 aliphatic rings. The van der Waals surface area contributed by atoms with E-state index >= 15 is 0 Å². The van der Waals surface area contributed by atoms with Gasteiger partial charge in [0.15, 0.2) is 0 Å². The molecule has 5 nitrogen and oxygen atoms in total. The molecule has 0 aromatic heterocycles. The van der Waals surface area contributed by atoms with Crippen molar-refractivity contribution < 1.29 is 13.2 Å². The van der Waals surface area contributed by atoms with Crippen LogP contribution < -0.4 is 10.0 Å². The van der Waals surface area contributed by atoms with E-state index in [9.17, 15) is 13.2 Å². The van der Waals surface area contributed by atoms with Gasteiger partial charge in [0, 0.05) is 12.1 Å². The second kappa shape index (κ2) is 7.20. The highest BCUT2D eigenvalue weighted by Crippen LogP contribution is 2.12. The number of anilines is 1. The Balaban J connectivity index is 1.91. The summed E-state index contributed by atoms with van der Waals surface area (Å²) in [5.41, 5.74) is 1.68. The number of rotatable bonds is 6. The van der Waals surface area contributed by atoms with Crippen molar-refractivity contribution in [3.8, 4) is 0 Å². The van der Waals surface area contributed by atoms with Crippen LogP contribution in [0.4, 0.5) is 5.69 Å². The molecule has 22 heavy (non-hydrogen) atoms. The van der Waals surface area contributed by atoms with Gasteiger partial charge in [-0.2, -0.15) is 0 Å². The average molecular weight is 318 g/mol. The summed E-state index contributed by atoms with van der Waals surface area (Å²) in [6.45, 7) is 0. The van der Waals surface area contributed by atoms with Gasteiger partial charge in [0.1, 0.15) is 0 Å². The lowest BCUT2D eigenvalue weighted by atomic mass is 10.1. The first kappa shape index (κ1) is 16.2. The molecular formula is C16H18N2O3S. The first-order chi connectivity index (χ1) is 10.5. The van der Waals surface area contributed by atoms with Crippen LogP contribution in [0.5, 0.6) is 0 Å². The standard InChI is InChI=1S/C16H18N2O3S/c1-17-22(20,21)15-10-7-13(8-11-15)9-12-16(19)18-14-5-3-2-4-6-14/h2-8,10-11,17H,9,12H2,1H3,(H,18,19). The summed E-state index contributed by atoms with van der Waals surface area (Å²) in [5, 5.41) is 2.81. The molecule has 0 radical (unpaired) electrons. The number of aryl methyl sites for hydroxylation is 1. The van der Waals surface area contributed by atoms with Crippen molar-refractivity contribution in [3.63, 3.8) is 0 Å². The average Bonchev–Trinajstić information content (AvgIpc) is 2.54. The fourth-order valence-corrected chi connectivity index (χ4v) is 2.69. The molecule has 0 saturated carbocycles. The van der Waals surface area contributed by atoms with Crippen LogP contribution in [-0.2, 0) is 21.2 Å². The second-order valence-electron chi connectivity index (χ2n) is 4.77. The Morgan fingerprint density at radius 3 is 2.23 bits per heavy atom. The van der Waals surface area contributed by atoms with Crippen molar-refractivity contribution in [2.45, 2.75) is 17.7 Å². The van der Waals surface area contributed by atoms with E-state index < -0.39 is 10.0 Å². The molecule has 2 aromatic carbocycles. The molecule has 116 valence electrons. The molecule has 0 atom stereocenters. The van der Waals surface area contributed by atoms with Crippen LogP contribution in [0, 0.1) is 0 Å². The molecule has 0 unspecified atom stereocenters. The fraction of sp³-hybridized carbons (Fsp3) is 0.188. The number of carbonyl (C=O) groups excluding carboxylic acids is 1. The monoisotopic (exact) mass is 318 g/mol. The molecule has 0 bridgehead atoms. The van der Waals surface area contributed by atoms with Gasteiger partial charge in [-0.1, -0.05) is 30.3 Å². The predicted molar refractivity (Wildman–Crippen MR) is 86.1 cm³/mol. The lowest BCUT2D eigenvalue weighted by molar-refractivity contribution is -0.116. The highest BCUT2D eigenvalue weighted by Gasteiger charge is 2.10. The van der Waals surface area contributed by atoms with Crippen LogP contribution >= 0.6 is 0 Å². The third-order valence-corrected chi connectivity index (χ3v) is 4.63. The van der Waals surface area contributed by atoms with Crippen molar-refractivity contribution in [2.75, 3.05) is 12.4 Å². The fourth-order valence-electron chi connectivity index (χ4n) is 1.96. The molecule has 0 saturated heterocycles. The first-order valence-electron chi connectivity index (χ1n) is 6.88. The Bertz CT molecular complexity index is 726. The van der Waals surface area contributed by atoms with Crippen LogP contribution in [0.3, 0.4) is 0 Å². The maximum Gasteiger partial charge on any atom is 0.240 e. The number of nitrogens with one attached hydrogen (secondary N) is 2. The van der Waals surface area contributed by atoms with Gasteiger partial charge in [-0.15, -0.1) is 0 Å². The van der Waals surface area contributed by atoms with E-state index in [-0.39, 0.29) is 10.8 Å². The summed E-state index contributed by atoms with van der Waals surface area (Å²) in [5.74, 6) is -0.0712. The van der Waals surface area contributed by atoms with Gasteiger partial charge >= 0.3 is 0 Å². The van der Waals surface area contributed by atoms with Crippen LogP contribution in [-0.4, -0.2) is 21.4 Å². The SMILES string of the molecule is CNS(=O)(=O)c1ccc(CCC(=O)Nc2ccccc2)cc1. The predicted octanol–water partition coefficient (Wildman–Crippen LogP) is 2.17. The molecule has 6 heteroatoms. The zero-order valence-corrected chi connectivity index (χ0v) is 13.1. The van der Waals surface area contributed by atoms with Crippen molar-refractivity contribution in [1.82, 2.24) is 4.72 Å². The van der Waals surface area contributed by atoms with Crippen molar-refractivity contribution in [3.05, 3.63) is 60.2 Å². The van der Waals surface area contributed by atoms with Crippen molar-refractivity contribution >= 4 is 21.6 Å². The van der Waals surface area contributed by atoms with Crippen LogP contribution in [0.1, 0.15) is 12.0 Å². The second-order valence-corrected chi connectivity index (χ2v) is 6.65. The third-order valence-electron chi connectivity index (χ3n) is 3.20. The Labute approximate surface area is 130 Å². The Morgan fingerprint density at radius 2 is 1.64 bits per heavy atom. The Morgan fingerprint density at radius 1 is 1.00 bits per heavy atom. The molecule has 2 N–H and O–H groups in total. The van der Waals surface area contributed by atoms with Gasteiger partial charge in [-0.05, 0) is 43.3 Å². The van der Waals surface area contributed by atoms with Crippen LogP contribution in [0.25, 0.3) is 0 Å². The van der Waals surface area contributed by atoms with Gasteiger partial charge in [0.25, 0.3) is 0 Å². The molecule has 0 aliphatic carbocycles. The zero-order valence-electron chi connectivity index (χ0n) is 12.2. The number of hydrogen-bond donors (Lipinski definition) is 2. The van der Waals surface area contributed by atoms with Gasteiger partial charge in [0.2, 0.25) is 15.9 Å². The maximum absolute atomic E-state index is 11.8. The number of amides is 1. The number of hydrogen-bond acceptors (Lipinski definition) is 3. The number of carbonyl (C=O) groups is 1. The summed E-state index contributed by atoms with van der Waals surface area (Å²) < 4.78 is 25.5. The third kappa shape index (κ3) is 4.41. The zero-order chi connectivity index (χ0) is 16.0. The molecule has 2 rings (SSSR count). The van der Waals surface area contributed by atoms with Gasteiger partial charge < -0.3 is 5.32 Å². The largest absolute Gasteiger partial charge is 0.326 e. The van der Waals surface area contributed by atoms with Crippen molar-refractivity contribution in [1.29, 1.82) is 0 Å². The number of benzene rings is 2. The molecule has 0 fully saturated rings. The van der Waals surface area contributed by atoms with Gasteiger partial charge in [0.05, 0.1) is 4.90 Å². The minimum absolute atomic E-state index is 0.0712. The maximum atomic E-state index is 11.8. The van der Waals surface area contributed by atoms with E-state index in [0.717, 1.165) is 11.3 Å². The van der Waals surface area contributed by atoms with Crippen molar-refractivity contribution in [2.24, 2.45) is 0 Å². The van der Waals surface area contributed by atoms with E-state index in [1.807, 2.05) is 30.3 Å². The van der Waals surface area contributed by atoms with E-state index in [2.05, 4.69) is 10.0 Å². The van der Waals surface area contributed by atoms with E-state index in [1.165, 1.54) is 19.2 Å². The molecule has 1 amide bonds. The lowest BCUT2D eigenvalue weighted by Gasteiger charge is -2.06. The van der Waals surface area contributed by atoms with E-state index in [0.29, 0.717) is 12.8 Å². The molecule has 0 heterocycles. The molecule has 0 aliphatic heterocycles. The number of sulfonamides is 1. The minimum atomic E-state index is -3.42.